The standard InChI is InChI=1S/C13H21N3O/c1-9(2)12-6-10(3)15-13(16-12)17-8-11-4-5-14-7-11/h6,9,11,14H,4-5,7-8H2,1-3H3. The molecule has 0 spiro atoms. The van der Waals surface area contributed by atoms with E-state index in [2.05, 4.69) is 29.1 Å². The monoisotopic (exact) mass is 235 g/mol. The van der Waals surface area contributed by atoms with Gasteiger partial charge in [0.1, 0.15) is 0 Å². The molecule has 1 aliphatic rings. The van der Waals surface area contributed by atoms with Crippen molar-refractivity contribution in [3.8, 4) is 6.01 Å². The van der Waals surface area contributed by atoms with E-state index in [-0.39, 0.29) is 0 Å². The lowest BCUT2D eigenvalue weighted by atomic mass is 10.1. The highest BCUT2D eigenvalue weighted by molar-refractivity contribution is 5.15. The molecule has 1 N–H and O–H groups in total. The molecule has 94 valence electrons. The molecule has 0 bridgehead atoms. The van der Waals surface area contributed by atoms with Crippen LogP contribution in [-0.4, -0.2) is 29.7 Å². The summed E-state index contributed by atoms with van der Waals surface area (Å²) in [5, 5.41) is 3.33. The van der Waals surface area contributed by atoms with E-state index < -0.39 is 0 Å². The average Bonchev–Trinajstić information content (AvgIpc) is 2.78. The van der Waals surface area contributed by atoms with Gasteiger partial charge in [-0.15, -0.1) is 0 Å². The van der Waals surface area contributed by atoms with Crippen LogP contribution in [0.3, 0.4) is 0 Å². The van der Waals surface area contributed by atoms with Gasteiger partial charge in [-0.05, 0) is 31.9 Å². The van der Waals surface area contributed by atoms with Crippen LogP contribution in [0.2, 0.25) is 0 Å². The molecule has 1 fully saturated rings. The molecule has 0 radical (unpaired) electrons. The molecular weight excluding hydrogens is 214 g/mol. The highest BCUT2D eigenvalue weighted by Crippen LogP contribution is 2.16. The van der Waals surface area contributed by atoms with E-state index in [4.69, 9.17) is 4.74 Å². The highest BCUT2D eigenvalue weighted by Gasteiger charge is 2.16. The van der Waals surface area contributed by atoms with Gasteiger partial charge in [-0.3, -0.25) is 0 Å². The van der Waals surface area contributed by atoms with Crippen molar-refractivity contribution in [2.24, 2.45) is 5.92 Å². The van der Waals surface area contributed by atoms with E-state index in [1.165, 1.54) is 6.42 Å². The summed E-state index contributed by atoms with van der Waals surface area (Å²) in [6, 6.07) is 2.55. The van der Waals surface area contributed by atoms with Gasteiger partial charge in [-0.2, -0.15) is 4.98 Å². The topological polar surface area (TPSA) is 47.0 Å². The normalized spacial score (nSPS) is 19.9. The smallest absolute Gasteiger partial charge is 0.316 e. The summed E-state index contributed by atoms with van der Waals surface area (Å²) in [6.07, 6.45) is 1.18. The van der Waals surface area contributed by atoms with Crippen molar-refractivity contribution in [2.45, 2.75) is 33.1 Å². The SMILES string of the molecule is Cc1cc(C(C)C)nc(OCC2CCNC2)n1. The van der Waals surface area contributed by atoms with Gasteiger partial charge in [0.05, 0.1) is 12.3 Å². The first-order valence-electron chi connectivity index (χ1n) is 6.34. The zero-order valence-corrected chi connectivity index (χ0v) is 10.9. The number of hydrogen-bond donors (Lipinski definition) is 1. The Balaban J connectivity index is 1.99. The molecule has 4 heteroatoms. The zero-order valence-electron chi connectivity index (χ0n) is 10.9. The maximum atomic E-state index is 5.70. The van der Waals surface area contributed by atoms with Crippen LogP contribution in [0.5, 0.6) is 6.01 Å². The van der Waals surface area contributed by atoms with Crippen LogP contribution in [0.4, 0.5) is 0 Å². The van der Waals surface area contributed by atoms with E-state index in [1.807, 2.05) is 13.0 Å². The minimum atomic E-state index is 0.409. The lowest BCUT2D eigenvalue weighted by molar-refractivity contribution is 0.240. The van der Waals surface area contributed by atoms with Crippen molar-refractivity contribution >= 4 is 0 Å². The average molecular weight is 235 g/mol. The van der Waals surface area contributed by atoms with Crippen molar-refractivity contribution in [1.82, 2.24) is 15.3 Å². The summed E-state index contributed by atoms with van der Waals surface area (Å²) in [5.74, 6) is 1.01. The first kappa shape index (κ1) is 12.3. The summed E-state index contributed by atoms with van der Waals surface area (Å²) in [7, 11) is 0. The second kappa shape index (κ2) is 5.45. The fraction of sp³-hybridized carbons (Fsp3) is 0.692. The molecule has 2 heterocycles. The number of aryl methyl sites for hydroxylation is 1. The molecule has 1 saturated heterocycles. The lowest BCUT2D eigenvalue weighted by Gasteiger charge is -2.12. The third-order valence-electron chi connectivity index (χ3n) is 3.06. The van der Waals surface area contributed by atoms with Gasteiger partial charge in [0, 0.05) is 18.2 Å². The van der Waals surface area contributed by atoms with Gasteiger partial charge < -0.3 is 10.1 Å². The fourth-order valence-electron chi connectivity index (χ4n) is 1.97. The Labute approximate surface area is 103 Å². The zero-order chi connectivity index (χ0) is 12.3. The van der Waals surface area contributed by atoms with Gasteiger partial charge in [0.25, 0.3) is 0 Å². The van der Waals surface area contributed by atoms with E-state index in [9.17, 15) is 0 Å². The summed E-state index contributed by atoms with van der Waals surface area (Å²) in [6.45, 7) is 9.10. The molecule has 17 heavy (non-hydrogen) atoms. The number of aromatic nitrogens is 2. The second-order valence-electron chi connectivity index (χ2n) is 5.04. The largest absolute Gasteiger partial charge is 0.463 e. The molecule has 1 unspecified atom stereocenters. The van der Waals surface area contributed by atoms with Crippen LogP contribution in [-0.2, 0) is 0 Å². The maximum absolute atomic E-state index is 5.70. The fourth-order valence-corrected chi connectivity index (χ4v) is 1.97. The van der Waals surface area contributed by atoms with E-state index in [0.717, 1.165) is 24.5 Å². The van der Waals surface area contributed by atoms with Crippen LogP contribution >= 0.6 is 0 Å². The molecule has 0 aromatic carbocycles. The molecule has 1 aliphatic heterocycles. The third-order valence-corrected chi connectivity index (χ3v) is 3.06. The Morgan fingerprint density at radius 2 is 2.29 bits per heavy atom. The minimum Gasteiger partial charge on any atom is -0.463 e. The van der Waals surface area contributed by atoms with Crippen LogP contribution in [0.15, 0.2) is 6.07 Å². The van der Waals surface area contributed by atoms with Crippen molar-refractivity contribution in [3.63, 3.8) is 0 Å². The lowest BCUT2D eigenvalue weighted by Crippen LogP contribution is -2.16. The van der Waals surface area contributed by atoms with Crippen LogP contribution < -0.4 is 10.1 Å². The Bertz CT molecular complexity index is 373. The van der Waals surface area contributed by atoms with Crippen LogP contribution in [0, 0.1) is 12.8 Å². The van der Waals surface area contributed by atoms with Crippen molar-refractivity contribution in [2.75, 3.05) is 19.7 Å². The quantitative estimate of drug-likeness (QED) is 0.866. The number of rotatable bonds is 4. The molecule has 1 atom stereocenters. The van der Waals surface area contributed by atoms with E-state index in [1.54, 1.807) is 0 Å². The molecule has 1 aromatic rings. The number of nitrogens with one attached hydrogen (secondary N) is 1. The Kier molecular flexibility index (Phi) is 3.94. The Morgan fingerprint density at radius 3 is 2.94 bits per heavy atom. The van der Waals surface area contributed by atoms with Crippen molar-refractivity contribution in [1.29, 1.82) is 0 Å². The number of nitrogens with zero attached hydrogens (tertiary/aromatic N) is 2. The second-order valence-corrected chi connectivity index (χ2v) is 5.04. The third kappa shape index (κ3) is 3.40. The molecule has 0 aliphatic carbocycles. The highest BCUT2D eigenvalue weighted by atomic mass is 16.5. The molecule has 1 aromatic heterocycles. The molecule has 0 amide bonds. The Morgan fingerprint density at radius 1 is 1.47 bits per heavy atom. The number of ether oxygens (including phenoxy) is 1. The summed E-state index contributed by atoms with van der Waals surface area (Å²) < 4.78 is 5.70. The van der Waals surface area contributed by atoms with Crippen molar-refractivity contribution < 1.29 is 4.74 Å². The van der Waals surface area contributed by atoms with Gasteiger partial charge >= 0.3 is 6.01 Å². The van der Waals surface area contributed by atoms with Gasteiger partial charge in [0.2, 0.25) is 0 Å². The molecule has 2 rings (SSSR count). The van der Waals surface area contributed by atoms with Gasteiger partial charge in [0.15, 0.2) is 0 Å². The summed E-state index contributed by atoms with van der Waals surface area (Å²) in [4.78, 5) is 8.76. The first-order chi connectivity index (χ1) is 8.15. The Hall–Kier alpha value is -1.16. The molecule has 0 saturated carbocycles. The van der Waals surface area contributed by atoms with E-state index in [0.29, 0.717) is 24.5 Å². The summed E-state index contributed by atoms with van der Waals surface area (Å²) in [5.41, 5.74) is 2.03. The number of hydrogen-bond acceptors (Lipinski definition) is 4. The van der Waals surface area contributed by atoms with Crippen molar-refractivity contribution in [3.05, 3.63) is 17.5 Å². The maximum Gasteiger partial charge on any atom is 0.316 e. The van der Waals surface area contributed by atoms with Gasteiger partial charge in [-0.1, -0.05) is 13.8 Å². The molecular formula is C13H21N3O. The molecule has 4 nitrogen and oxygen atoms in total. The predicted octanol–water partition coefficient (Wildman–Crippen LogP) is 1.90. The van der Waals surface area contributed by atoms with E-state index >= 15 is 0 Å². The minimum absolute atomic E-state index is 0.409. The van der Waals surface area contributed by atoms with Crippen LogP contribution in [0.1, 0.15) is 37.6 Å². The van der Waals surface area contributed by atoms with Gasteiger partial charge in [-0.25, -0.2) is 4.98 Å². The predicted molar refractivity (Wildman–Crippen MR) is 67.3 cm³/mol. The first-order valence-corrected chi connectivity index (χ1v) is 6.34. The van der Waals surface area contributed by atoms with Crippen LogP contribution in [0.25, 0.3) is 0 Å². The summed E-state index contributed by atoms with van der Waals surface area (Å²) >= 11 is 0.